The Labute approximate surface area is 203 Å². The maximum Gasteiger partial charge on any atom is 0.332 e. The number of imide groups is 1. The lowest BCUT2D eigenvalue weighted by Gasteiger charge is -2.21. The Bertz CT molecular complexity index is 1180. The highest BCUT2D eigenvalue weighted by Crippen LogP contribution is 2.30. The molecule has 0 bridgehead atoms. The molecule has 9 nitrogen and oxygen atoms in total. The molecular weight excluding hydrogens is 448 g/mol. The van der Waals surface area contributed by atoms with Crippen molar-refractivity contribution in [3.05, 3.63) is 78.6 Å². The molecule has 35 heavy (non-hydrogen) atoms. The summed E-state index contributed by atoms with van der Waals surface area (Å²) in [4.78, 5) is 46.2. The van der Waals surface area contributed by atoms with E-state index >= 15 is 0 Å². The number of anilines is 2. The van der Waals surface area contributed by atoms with Crippen molar-refractivity contribution in [1.29, 1.82) is 0 Å². The number of nitrogens with zero attached hydrogens (tertiary/aromatic N) is 3. The Kier molecular flexibility index (Phi) is 7.25. The Morgan fingerprint density at radius 2 is 1.74 bits per heavy atom. The molecule has 4 amide bonds. The summed E-state index contributed by atoms with van der Waals surface area (Å²) < 4.78 is 10.6. The van der Waals surface area contributed by atoms with E-state index < -0.39 is 18.0 Å². The number of hydrogen-bond acceptors (Lipinski definition) is 6. The fourth-order valence-corrected chi connectivity index (χ4v) is 3.86. The zero-order valence-corrected chi connectivity index (χ0v) is 19.5. The summed E-state index contributed by atoms with van der Waals surface area (Å²) in [6.45, 7) is 2.58. The first-order chi connectivity index (χ1) is 17.0. The van der Waals surface area contributed by atoms with Crippen molar-refractivity contribution in [3.8, 4) is 11.5 Å². The molecule has 9 heteroatoms. The number of hydrogen-bond donors (Lipinski definition) is 1. The number of carbonyl (C=O) groups excluding carboxylic acids is 3. The summed E-state index contributed by atoms with van der Waals surface area (Å²) in [5.74, 6) is 0.449. The summed E-state index contributed by atoms with van der Waals surface area (Å²) in [6, 6.07) is 15.7. The van der Waals surface area contributed by atoms with Crippen molar-refractivity contribution in [2.45, 2.75) is 25.9 Å². The molecular formula is C26H26N4O5. The molecule has 0 unspecified atom stereocenters. The van der Waals surface area contributed by atoms with E-state index in [0.717, 1.165) is 10.5 Å². The third kappa shape index (κ3) is 5.40. The van der Waals surface area contributed by atoms with Crippen molar-refractivity contribution < 1.29 is 23.9 Å². The average Bonchev–Trinajstić information content (AvgIpc) is 3.10. The molecule has 1 N–H and O–H groups in total. The molecule has 180 valence electrons. The van der Waals surface area contributed by atoms with E-state index in [9.17, 15) is 14.4 Å². The van der Waals surface area contributed by atoms with Gasteiger partial charge in [0.15, 0.2) is 0 Å². The molecule has 0 radical (unpaired) electrons. The van der Waals surface area contributed by atoms with Crippen molar-refractivity contribution in [2.75, 3.05) is 23.9 Å². The minimum absolute atomic E-state index is 0.145. The van der Waals surface area contributed by atoms with Crippen LogP contribution >= 0.6 is 0 Å². The van der Waals surface area contributed by atoms with Crippen LogP contribution in [0.5, 0.6) is 11.5 Å². The second-order valence-corrected chi connectivity index (χ2v) is 7.87. The van der Waals surface area contributed by atoms with Crippen molar-refractivity contribution >= 4 is 29.2 Å². The van der Waals surface area contributed by atoms with E-state index in [2.05, 4.69) is 10.3 Å². The maximum absolute atomic E-state index is 13.4. The largest absolute Gasteiger partial charge is 0.497 e. The Morgan fingerprint density at radius 3 is 2.37 bits per heavy atom. The van der Waals surface area contributed by atoms with E-state index in [-0.39, 0.29) is 18.9 Å². The van der Waals surface area contributed by atoms with Gasteiger partial charge in [-0.15, -0.1) is 0 Å². The van der Waals surface area contributed by atoms with Crippen LogP contribution in [-0.2, 0) is 16.1 Å². The summed E-state index contributed by atoms with van der Waals surface area (Å²) in [6.07, 6.45) is 3.07. The van der Waals surface area contributed by atoms with Crippen molar-refractivity contribution in [3.63, 3.8) is 0 Å². The molecule has 1 aliphatic rings. The fourth-order valence-electron chi connectivity index (χ4n) is 3.86. The van der Waals surface area contributed by atoms with Gasteiger partial charge in [-0.1, -0.05) is 6.07 Å². The van der Waals surface area contributed by atoms with Crippen LogP contribution in [-0.4, -0.2) is 47.5 Å². The molecule has 4 rings (SSSR count). The second-order valence-electron chi connectivity index (χ2n) is 7.87. The molecule has 0 saturated carbocycles. The van der Waals surface area contributed by atoms with Crippen LogP contribution in [0.2, 0.25) is 0 Å². The van der Waals surface area contributed by atoms with Gasteiger partial charge in [-0.2, -0.15) is 0 Å². The smallest absolute Gasteiger partial charge is 0.332 e. The van der Waals surface area contributed by atoms with Gasteiger partial charge in [-0.3, -0.25) is 14.6 Å². The van der Waals surface area contributed by atoms with Gasteiger partial charge >= 0.3 is 6.03 Å². The highest BCUT2D eigenvalue weighted by Gasteiger charge is 2.46. The highest BCUT2D eigenvalue weighted by molar-refractivity contribution is 6.22. The Morgan fingerprint density at radius 1 is 1.03 bits per heavy atom. The van der Waals surface area contributed by atoms with E-state index in [1.807, 2.05) is 13.0 Å². The molecule has 1 saturated heterocycles. The summed E-state index contributed by atoms with van der Waals surface area (Å²) in [5, 5.41) is 2.80. The van der Waals surface area contributed by atoms with Crippen LogP contribution in [0.3, 0.4) is 0 Å². The zero-order chi connectivity index (χ0) is 24.8. The van der Waals surface area contributed by atoms with Gasteiger partial charge in [0.05, 0.1) is 25.8 Å². The number of rotatable bonds is 9. The Hall–Kier alpha value is -4.40. The fraction of sp³-hybridized carbons (Fsp3) is 0.231. The number of nitrogens with one attached hydrogen (secondary N) is 1. The highest BCUT2D eigenvalue weighted by atomic mass is 16.5. The Balaban J connectivity index is 1.55. The standard InChI is InChI=1S/C26H26N4O5/c1-3-35-22-10-6-19(7-11-22)28-24(31)15-23-25(32)30(20-8-12-21(34-2)13-9-20)26(33)29(23)17-18-5-4-14-27-16-18/h4-14,16,23H,3,15,17H2,1-2H3,(H,28,31)/t23-/m1/s1. The first-order valence-corrected chi connectivity index (χ1v) is 11.2. The topological polar surface area (TPSA) is 101 Å². The molecule has 0 spiro atoms. The van der Waals surface area contributed by atoms with E-state index in [1.165, 1.54) is 12.0 Å². The molecule has 1 aromatic heterocycles. The van der Waals surface area contributed by atoms with Gasteiger partial charge < -0.3 is 19.7 Å². The lowest BCUT2D eigenvalue weighted by molar-refractivity contribution is -0.124. The van der Waals surface area contributed by atoms with Gasteiger partial charge in [0, 0.05) is 24.6 Å². The molecule has 1 fully saturated rings. The SMILES string of the molecule is CCOc1ccc(NC(=O)C[C@@H]2C(=O)N(c3ccc(OC)cc3)C(=O)N2Cc2cccnc2)cc1. The lowest BCUT2D eigenvalue weighted by atomic mass is 10.1. The molecule has 1 aliphatic heterocycles. The van der Waals surface area contributed by atoms with Gasteiger partial charge in [-0.25, -0.2) is 9.69 Å². The molecule has 0 aliphatic carbocycles. The number of methoxy groups -OCH3 is 1. The van der Waals surface area contributed by atoms with Crippen LogP contribution in [0.25, 0.3) is 0 Å². The minimum atomic E-state index is -0.965. The third-order valence-corrected chi connectivity index (χ3v) is 5.55. The lowest BCUT2D eigenvalue weighted by Crippen LogP contribution is -2.37. The molecule has 3 aromatic rings. The molecule has 2 aromatic carbocycles. The van der Waals surface area contributed by atoms with Crippen molar-refractivity contribution in [2.24, 2.45) is 0 Å². The van der Waals surface area contributed by atoms with E-state index in [1.54, 1.807) is 67.0 Å². The molecule has 1 atom stereocenters. The molecule has 2 heterocycles. The van der Waals surface area contributed by atoms with Crippen molar-refractivity contribution in [1.82, 2.24) is 9.88 Å². The van der Waals surface area contributed by atoms with Crippen LogP contribution in [0.4, 0.5) is 16.2 Å². The predicted octanol–water partition coefficient (Wildman–Crippen LogP) is 3.86. The summed E-state index contributed by atoms with van der Waals surface area (Å²) in [7, 11) is 1.54. The van der Waals surface area contributed by atoms with Gasteiger partial charge in [0.1, 0.15) is 17.5 Å². The monoisotopic (exact) mass is 474 g/mol. The van der Waals surface area contributed by atoms with Crippen LogP contribution < -0.4 is 19.7 Å². The third-order valence-electron chi connectivity index (χ3n) is 5.55. The summed E-state index contributed by atoms with van der Waals surface area (Å²) in [5.41, 5.74) is 1.73. The van der Waals surface area contributed by atoms with Crippen LogP contribution in [0, 0.1) is 0 Å². The van der Waals surface area contributed by atoms with Gasteiger partial charge in [-0.05, 0) is 67.1 Å². The number of benzene rings is 2. The van der Waals surface area contributed by atoms with E-state index in [4.69, 9.17) is 9.47 Å². The number of ether oxygens (including phenoxy) is 2. The van der Waals surface area contributed by atoms with Gasteiger partial charge in [0.25, 0.3) is 5.91 Å². The number of aromatic nitrogens is 1. The number of urea groups is 1. The summed E-state index contributed by atoms with van der Waals surface area (Å²) >= 11 is 0. The van der Waals surface area contributed by atoms with Crippen LogP contribution in [0.1, 0.15) is 18.9 Å². The zero-order valence-electron chi connectivity index (χ0n) is 19.5. The first kappa shape index (κ1) is 23.7. The minimum Gasteiger partial charge on any atom is -0.497 e. The normalized spacial score (nSPS) is 15.3. The van der Waals surface area contributed by atoms with Gasteiger partial charge in [0.2, 0.25) is 5.91 Å². The maximum atomic E-state index is 13.4. The van der Waals surface area contributed by atoms with Crippen LogP contribution in [0.15, 0.2) is 73.1 Å². The number of amides is 4. The number of pyridine rings is 1. The first-order valence-electron chi connectivity index (χ1n) is 11.2. The van der Waals surface area contributed by atoms with E-state index in [0.29, 0.717) is 29.5 Å². The number of carbonyl (C=O) groups is 3. The second kappa shape index (κ2) is 10.7. The quantitative estimate of drug-likeness (QED) is 0.473. The average molecular weight is 475 g/mol. The predicted molar refractivity (Wildman–Crippen MR) is 130 cm³/mol.